The van der Waals surface area contributed by atoms with Gasteiger partial charge in [0, 0.05) is 0 Å². The first kappa shape index (κ1) is 30.6. The summed E-state index contributed by atoms with van der Waals surface area (Å²) in [6.45, 7) is 0. The molecule has 0 bridgehead atoms. The maximum absolute atomic E-state index is 10.4. The summed E-state index contributed by atoms with van der Waals surface area (Å²) < 4.78 is 0. The van der Waals surface area contributed by atoms with E-state index in [1.807, 2.05) is 0 Å². The van der Waals surface area contributed by atoms with Crippen molar-refractivity contribution < 1.29 is 39.8 Å². The highest BCUT2D eigenvalue weighted by Gasteiger charge is 2.31. The molecule has 22 heteroatoms. The Morgan fingerprint density at radius 3 is 0.735 bits per heavy atom. The summed E-state index contributed by atoms with van der Waals surface area (Å²) in [6.07, 6.45) is 0. The van der Waals surface area contributed by atoms with Crippen LogP contribution in [-0.2, 0) is 0 Å². The van der Waals surface area contributed by atoms with Crippen LogP contribution in [0.5, 0.6) is 11.5 Å². The molecule has 0 spiro atoms. The summed E-state index contributed by atoms with van der Waals surface area (Å²) in [5.74, 6) is -2.42. The molecule has 34 heavy (non-hydrogen) atoms. The quantitative estimate of drug-likeness (QED) is 0.332. The lowest BCUT2D eigenvalue weighted by Crippen LogP contribution is -1.97. The highest BCUT2D eigenvalue weighted by atomic mass is 16.7. The number of nitro groups is 6. The molecule has 0 aliphatic rings. The van der Waals surface area contributed by atoms with Crippen LogP contribution in [0.2, 0.25) is 0 Å². The third-order valence-electron chi connectivity index (χ3n) is 3.32. The van der Waals surface area contributed by atoms with Crippen molar-refractivity contribution in [2.24, 2.45) is 0 Å². The monoisotopic (exact) mass is 492 g/mol. The van der Waals surface area contributed by atoms with Gasteiger partial charge < -0.3 is 22.5 Å². The first-order valence-electron chi connectivity index (χ1n) is 7.29. The number of phenols is 2. The van der Waals surface area contributed by atoms with Gasteiger partial charge in [-0.15, -0.1) is 0 Å². The Kier molecular flexibility index (Phi) is 10.5. The molecular formula is C12H12N8O14. The van der Waals surface area contributed by atoms with Crippen molar-refractivity contribution in [2.75, 3.05) is 0 Å². The van der Waals surface area contributed by atoms with E-state index in [9.17, 15) is 60.7 Å². The Bertz CT molecular complexity index is 1020. The van der Waals surface area contributed by atoms with Gasteiger partial charge in [-0.1, -0.05) is 0 Å². The summed E-state index contributed by atoms with van der Waals surface area (Å²) in [5.41, 5.74) is -6.00. The molecule has 22 nitrogen and oxygen atoms in total. The zero-order valence-corrected chi connectivity index (χ0v) is 16.2. The summed E-state index contributed by atoms with van der Waals surface area (Å²) in [5, 5.41) is 80.4. The second-order valence-corrected chi connectivity index (χ2v) is 5.21. The first-order chi connectivity index (χ1) is 14.7. The predicted molar refractivity (Wildman–Crippen MR) is 106 cm³/mol. The van der Waals surface area contributed by atoms with Gasteiger partial charge in [0.2, 0.25) is 0 Å². The molecule has 0 fully saturated rings. The van der Waals surface area contributed by atoms with E-state index < -0.39 is 75.2 Å². The molecular weight excluding hydrogens is 480 g/mol. The van der Waals surface area contributed by atoms with E-state index in [0.717, 1.165) is 0 Å². The highest BCUT2D eigenvalue weighted by molar-refractivity contribution is 5.65. The van der Waals surface area contributed by atoms with Gasteiger partial charge in [0.1, 0.15) is 0 Å². The molecule has 2 rings (SSSR count). The van der Waals surface area contributed by atoms with Crippen molar-refractivity contribution in [1.29, 1.82) is 0 Å². The van der Waals surface area contributed by atoms with Crippen molar-refractivity contribution >= 4 is 34.1 Å². The SMILES string of the molecule is N.N.O=[N+]([O-])c1cc([N+](=O)[O-])c(O)c([N+](=O)[O-])c1.O=[N+]([O-])c1cc([N+](=O)[O-])c(O)c([N+](=O)[O-])c1. The minimum absolute atomic E-state index is 0. The van der Waals surface area contributed by atoms with Gasteiger partial charge in [-0.3, -0.25) is 60.7 Å². The number of hydrogen-bond acceptors (Lipinski definition) is 16. The first-order valence-corrected chi connectivity index (χ1v) is 7.29. The molecule has 184 valence electrons. The molecule has 0 aliphatic heterocycles. The fourth-order valence-electron chi connectivity index (χ4n) is 1.95. The summed E-state index contributed by atoms with van der Waals surface area (Å²) >= 11 is 0. The van der Waals surface area contributed by atoms with Crippen LogP contribution < -0.4 is 12.3 Å². The van der Waals surface area contributed by atoms with Gasteiger partial charge >= 0.3 is 22.7 Å². The normalized spacial score (nSPS) is 9.18. The number of nitro benzene ring substituents is 6. The van der Waals surface area contributed by atoms with Crippen molar-refractivity contribution in [1.82, 2.24) is 12.3 Å². The van der Waals surface area contributed by atoms with Crippen LogP contribution >= 0.6 is 0 Å². The third-order valence-corrected chi connectivity index (χ3v) is 3.32. The fourth-order valence-corrected chi connectivity index (χ4v) is 1.95. The molecule has 8 N–H and O–H groups in total. The van der Waals surface area contributed by atoms with Crippen molar-refractivity contribution in [3.05, 3.63) is 85.0 Å². The molecule has 0 aromatic heterocycles. The molecule has 0 heterocycles. The van der Waals surface area contributed by atoms with Gasteiger partial charge in [-0.05, 0) is 0 Å². The smallest absolute Gasteiger partial charge is 0.324 e. The average molecular weight is 492 g/mol. The number of rotatable bonds is 6. The Labute approximate surface area is 183 Å². The van der Waals surface area contributed by atoms with Crippen LogP contribution in [0, 0.1) is 60.7 Å². The Hall–Kier alpha value is -5.64. The highest BCUT2D eigenvalue weighted by Crippen LogP contribution is 2.40. The number of nitrogens with zero attached hydrogens (tertiary/aromatic N) is 6. The third kappa shape index (κ3) is 6.68. The minimum atomic E-state index is -1.21. The molecule has 0 saturated carbocycles. The van der Waals surface area contributed by atoms with E-state index in [0.29, 0.717) is 24.3 Å². The second kappa shape index (κ2) is 11.7. The van der Waals surface area contributed by atoms with E-state index in [-0.39, 0.29) is 12.3 Å². The number of aromatic hydroxyl groups is 2. The molecule has 2 aromatic rings. The molecule has 0 unspecified atom stereocenters. The van der Waals surface area contributed by atoms with Crippen LogP contribution in [0.3, 0.4) is 0 Å². The predicted octanol–water partition coefficient (Wildman–Crippen LogP) is 2.56. The van der Waals surface area contributed by atoms with Crippen molar-refractivity contribution in [3.63, 3.8) is 0 Å². The molecule has 0 aliphatic carbocycles. The molecule has 0 saturated heterocycles. The lowest BCUT2D eigenvalue weighted by Gasteiger charge is -1.97. The van der Waals surface area contributed by atoms with E-state index in [1.165, 1.54) is 0 Å². The van der Waals surface area contributed by atoms with Gasteiger partial charge in [-0.25, -0.2) is 0 Å². The average Bonchev–Trinajstić information content (AvgIpc) is 2.67. The number of phenolic OH excluding ortho intramolecular Hbond substituents is 2. The van der Waals surface area contributed by atoms with E-state index >= 15 is 0 Å². The van der Waals surface area contributed by atoms with Crippen LogP contribution in [0.1, 0.15) is 0 Å². The number of non-ortho nitro benzene ring substituents is 2. The molecule has 2 aromatic carbocycles. The van der Waals surface area contributed by atoms with Crippen LogP contribution in [0.4, 0.5) is 34.1 Å². The Morgan fingerprint density at radius 1 is 0.441 bits per heavy atom. The van der Waals surface area contributed by atoms with Gasteiger partial charge in [0.05, 0.1) is 53.8 Å². The standard InChI is InChI=1S/2C6H3N3O7.2H3N/c2*10-6-4(8(13)14)1-3(7(11)12)2-5(6)9(15)16;;/h2*1-2,10H;2*1H3. The van der Waals surface area contributed by atoms with E-state index in [4.69, 9.17) is 10.2 Å². The maximum atomic E-state index is 10.4. The van der Waals surface area contributed by atoms with Crippen LogP contribution in [0.15, 0.2) is 24.3 Å². The Balaban J connectivity index is 0. The summed E-state index contributed by atoms with van der Waals surface area (Å²) in [6, 6.07) is 1.79. The minimum Gasteiger partial charge on any atom is -0.497 e. The largest absolute Gasteiger partial charge is 0.497 e. The number of benzene rings is 2. The summed E-state index contributed by atoms with van der Waals surface area (Å²) in [4.78, 5) is 55.5. The van der Waals surface area contributed by atoms with Gasteiger partial charge in [0.15, 0.2) is 0 Å². The van der Waals surface area contributed by atoms with Gasteiger partial charge in [0.25, 0.3) is 22.9 Å². The van der Waals surface area contributed by atoms with E-state index in [2.05, 4.69) is 0 Å². The van der Waals surface area contributed by atoms with E-state index in [1.54, 1.807) is 0 Å². The lowest BCUT2D eigenvalue weighted by atomic mass is 10.2. The fraction of sp³-hybridized carbons (Fsp3) is 0. The zero-order chi connectivity index (χ0) is 24.9. The van der Waals surface area contributed by atoms with Gasteiger partial charge in [-0.2, -0.15) is 0 Å². The molecule has 0 amide bonds. The molecule has 0 atom stereocenters. The topological polar surface area (TPSA) is 369 Å². The zero-order valence-electron chi connectivity index (χ0n) is 16.2. The second-order valence-electron chi connectivity index (χ2n) is 5.21. The van der Waals surface area contributed by atoms with Crippen LogP contribution in [-0.4, -0.2) is 39.8 Å². The maximum Gasteiger partial charge on any atom is 0.324 e. The summed E-state index contributed by atoms with van der Waals surface area (Å²) in [7, 11) is 0. The van der Waals surface area contributed by atoms with Crippen LogP contribution in [0.25, 0.3) is 0 Å². The Morgan fingerprint density at radius 2 is 0.618 bits per heavy atom. The van der Waals surface area contributed by atoms with Crippen molar-refractivity contribution in [2.45, 2.75) is 0 Å². The molecule has 0 radical (unpaired) electrons. The lowest BCUT2D eigenvalue weighted by molar-refractivity contribution is -0.404. The van der Waals surface area contributed by atoms with Crippen molar-refractivity contribution in [3.8, 4) is 11.5 Å². The number of hydrogen-bond donors (Lipinski definition) is 4.